The minimum atomic E-state index is -0.617. The fourth-order valence-electron chi connectivity index (χ4n) is 3.78. The highest BCUT2D eigenvalue weighted by molar-refractivity contribution is 6.42. The predicted molar refractivity (Wildman–Crippen MR) is 137 cm³/mol. The largest absolute Gasteiger partial charge is 0.352 e. The maximum atomic E-state index is 13.4. The van der Waals surface area contributed by atoms with Gasteiger partial charge in [0.05, 0.1) is 10.0 Å². The number of amides is 2. The van der Waals surface area contributed by atoms with Crippen LogP contribution < -0.4 is 5.32 Å². The van der Waals surface area contributed by atoms with Gasteiger partial charge in [0.15, 0.2) is 0 Å². The SMILES string of the molecule is CCC(C)NC(=O)C(C)N(Cc1ccc(Cl)c(Cl)c1)C(=O)CCc1cccc2ccccc12. The zero-order valence-corrected chi connectivity index (χ0v) is 20.8. The molecule has 0 aliphatic rings. The molecule has 0 saturated carbocycles. The van der Waals surface area contributed by atoms with Crippen molar-refractivity contribution < 1.29 is 9.59 Å². The number of nitrogens with one attached hydrogen (secondary N) is 1. The number of carbonyl (C=O) groups is 2. The molecule has 0 saturated heterocycles. The van der Waals surface area contributed by atoms with Crippen LogP contribution in [0, 0.1) is 0 Å². The molecule has 3 aromatic carbocycles. The van der Waals surface area contributed by atoms with Gasteiger partial charge in [0.25, 0.3) is 0 Å². The molecule has 0 aromatic heterocycles. The molecule has 0 radical (unpaired) electrons. The summed E-state index contributed by atoms with van der Waals surface area (Å²) < 4.78 is 0. The lowest BCUT2D eigenvalue weighted by Crippen LogP contribution is -2.49. The quantitative estimate of drug-likeness (QED) is 0.381. The number of hydrogen-bond acceptors (Lipinski definition) is 2. The average Bonchev–Trinajstić information content (AvgIpc) is 2.82. The molecule has 0 aliphatic carbocycles. The second kappa shape index (κ2) is 11.5. The lowest BCUT2D eigenvalue weighted by Gasteiger charge is -2.30. The van der Waals surface area contributed by atoms with E-state index in [-0.39, 0.29) is 24.4 Å². The molecule has 2 amide bonds. The molecule has 3 aromatic rings. The fourth-order valence-corrected chi connectivity index (χ4v) is 4.10. The summed E-state index contributed by atoms with van der Waals surface area (Å²) in [5.41, 5.74) is 1.94. The van der Waals surface area contributed by atoms with Crippen molar-refractivity contribution in [2.24, 2.45) is 0 Å². The maximum Gasteiger partial charge on any atom is 0.242 e. The second-order valence-electron chi connectivity index (χ2n) is 8.40. The summed E-state index contributed by atoms with van der Waals surface area (Å²) >= 11 is 12.2. The second-order valence-corrected chi connectivity index (χ2v) is 9.22. The van der Waals surface area contributed by atoms with Gasteiger partial charge in [-0.2, -0.15) is 0 Å². The molecule has 6 heteroatoms. The van der Waals surface area contributed by atoms with Gasteiger partial charge < -0.3 is 10.2 Å². The monoisotopic (exact) mass is 484 g/mol. The molecular formula is C27H30Cl2N2O2. The highest BCUT2D eigenvalue weighted by Crippen LogP contribution is 2.25. The normalized spacial score (nSPS) is 12.9. The van der Waals surface area contributed by atoms with Crippen LogP contribution in [0.15, 0.2) is 60.7 Å². The Kier molecular flexibility index (Phi) is 8.76. The van der Waals surface area contributed by atoms with E-state index in [9.17, 15) is 9.59 Å². The van der Waals surface area contributed by atoms with Gasteiger partial charge >= 0.3 is 0 Å². The Morgan fingerprint density at radius 1 is 0.970 bits per heavy atom. The van der Waals surface area contributed by atoms with E-state index in [0.29, 0.717) is 22.9 Å². The van der Waals surface area contributed by atoms with Crippen LogP contribution in [0.25, 0.3) is 10.8 Å². The smallest absolute Gasteiger partial charge is 0.242 e. The summed E-state index contributed by atoms with van der Waals surface area (Å²) in [5.74, 6) is -0.247. The zero-order valence-electron chi connectivity index (χ0n) is 19.3. The van der Waals surface area contributed by atoms with E-state index < -0.39 is 6.04 Å². The lowest BCUT2D eigenvalue weighted by molar-refractivity contribution is -0.140. The number of nitrogens with zero attached hydrogens (tertiary/aromatic N) is 1. The molecule has 1 N–H and O–H groups in total. The van der Waals surface area contributed by atoms with Crippen LogP contribution in [0.4, 0.5) is 0 Å². The van der Waals surface area contributed by atoms with E-state index >= 15 is 0 Å². The van der Waals surface area contributed by atoms with Crippen LogP contribution in [-0.2, 0) is 22.6 Å². The number of rotatable bonds is 9. The Morgan fingerprint density at radius 3 is 2.42 bits per heavy atom. The first kappa shape index (κ1) is 25.1. The van der Waals surface area contributed by atoms with Gasteiger partial charge in [-0.15, -0.1) is 0 Å². The third-order valence-corrected chi connectivity index (χ3v) is 6.73. The third-order valence-electron chi connectivity index (χ3n) is 5.99. The Morgan fingerprint density at radius 2 is 1.70 bits per heavy atom. The van der Waals surface area contributed by atoms with Crippen LogP contribution in [0.1, 0.15) is 44.7 Å². The lowest BCUT2D eigenvalue weighted by atomic mass is 10.0. The molecule has 0 heterocycles. The van der Waals surface area contributed by atoms with Gasteiger partial charge in [0.1, 0.15) is 6.04 Å². The molecule has 33 heavy (non-hydrogen) atoms. The van der Waals surface area contributed by atoms with E-state index in [1.807, 2.05) is 38.1 Å². The maximum absolute atomic E-state index is 13.4. The van der Waals surface area contributed by atoms with Crippen LogP contribution in [0.5, 0.6) is 0 Å². The van der Waals surface area contributed by atoms with Crippen molar-refractivity contribution in [3.05, 3.63) is 81.8 Å². The van der Waals surface area contributed by atoms with E-state index in [2.05, 4.69) is 29.6 Å². The first-order chi connectivity index (χ1) is 15.8. The Labute approximate surface area is 205 Å². The van der Waals surface area contributed by atoms with Crippen LogP contribution in [0.3, 0.4) is 0 Å². The number of benzene rings is 3. The average molecular weight is 485 g/mol. The predicted octanol–water partition coefficient (Wildman–Crippen LogP) is 6.41. The molecule has 0 aliphatic heterocycles. The molecule has 0 spiro atoms. The van der Waals surface area contributed by atoms with E-state index in [1.165, 1.54) is 0 Å². The summed E-state index contributed by atoms with van der Waals surface area (Å²) in [4.78, 5) is 27.9. The van der Waals surface area contributed by atoms with Gasteiger partial charge in [-0.25, -0.2) is 0 Å². The van der Waals surface area contributed by atoms with Crippen molar-refractivity contribution in [1.29, 1.82) is 0 Å². The standard InChI is InChI=1S/C27H30Cl2N2O2/c1-4-18(2)30-27(33)19(3)31(17-20-12-14-24(28)25(29)16-20)26(32)15-13-22-10-7-9-21-8-5-6-11-23(21)22/h5-12,14,16,18-19H,4,13,15,17H2,1-3H3,(H,30,33). The van der Waals surface area contributed by atoms with Crippen molar-refractivity contribution in [2.75, 3.05) is 0 Å². The zero-order chi connectivity index (χ0) is 24.0. The molecule has 2 unspecified atom stereocenters. The molecule has 0 bridgehead atoms. The molecule has 4 nitrogen and oxygen atoms in total. The van der Waals surface area contributed by atoms with Crippen LogP contribution >= 0.6 is 23.2 Å². The van der Waals surface area contributed by atoms with Crippen molar-refractivity contribution in [3.63, 3.8) is 0 Å². The molecule has 2 atom stereocenters. The molecule has 0 fully saturated rings. The minimum absolute atomic E-state index is 0.0394. The summed E-state index contributed by atoms with van der Waals surface area (Å²) in [6, 6.07) is 19.0. The number of hydrogen-bond donors (Lipinski definition) is 1. The van der Waals surface area contributed by atoms with Crippen LogP contribution in [-0.4, -0.2) is 28.8 Å². The van der Waals surface area contributed by atoms with E-state index in [4.69, 9.17) is 23.2 Å². The number of fused-ring (bicyclic) bond motifs is 1. The van der Waals surface area contributed by atoms with Crippen molar-refractivity contribution >= 4 is 45.8 Å². The highest BCUT2D eigenvalue weighted by atomic mass is 35.5. The van der Waals surface area contributed by atoms with Crippen molar-refractivity contribution in [2.45, 2.75) is 58.7 Å². The Bertz CT molecular complexity index is 1130. The Balaban J connectivity index is 1.81. The minimum Gasteiger partial charge on any atom is -0.352 e. The number of halogens is 2. The van der Waals surface area contributed by atoms with Gasteiger partial charge in [-0.05, 0) is 60.7 Å². The first-order valence-electron chi connectivity index (χ1n) is 11.3. The van der Waals surface area contributed by atoms with Crippen molar-refractivity contribution in [1.82, 2.24) is 10.2 Å². The molecule has 174 valence electrons. The highest BCUT2D eigenvalue weighted by Gasteiger charge is 2.26. The van der Waals surface area contributed by atoms with Gasteiger partial charge in [-0.3, -0.25) is 9.59 Å². The molecular weight excluding hydrogens is 455 g/mol. The topological polar surface area (TPSA) is 49.4 Å². The summed E-state index contributed by atoms with van der Waals surface area (Å²) in [5, 5.41) is 6.16. The van der Waals surface area contributed by atoms with Crippen molar-refractivity contribution in [3.8, 4) is 0 Å². The third kappa shape index (κ3) is 6.49. The van der Waals surface area contributed by atoms with E-state index in [1.54, 1.807) is 24.0 Å². The summed E-state index contributed by atoms with van der Waals surface area (Å²) in [6.45, 7) is 6.01. The summed E-state index contributed by atoms with van der Waals surface area (Å²) in [7, 11) is 0. The van der Waals surface area contributed by atoms with E-state index in [0.717, 1.165) is 28.3 Å². The number of aryl methyl sites for hydroxylation is 1. The van der Waals surface area contributed by atoms with Gasteiger partial charge in [0.2, 0.25) is 11.8 Å². The summed E-state index contributed by atoms with van der Waals surface area (Å²) in [6.07, 6.45) is 1.72. The van der Waals surface area contributed by atoms with Crippen LogP contribution in [0.2, 0.25) is 10.0 Å². The first-order valence-corrected chi connectivity index (χ1v) is 12.1. The Hall–Kier alpha value is -2.56. The fraction of sp³-hybridized carbons (Fsp3) is 0.333. The van der Waals surface area contributed by atoms with Gasteiger partial charge in [0, 0.05) is 19.0 Å². The molecule has 3 rings (SSSR count). The number of carbonyl (C=O) groups excluding carboxylic acids is 2. The van der Waals surface area contributed by atoms with Gasteiger partial charge in [-0.1, -0.05) is 78.7 Å².